The molecule has 3 atom stereocenters. The number of nitrogens with one attached hydrogen (secondary N) is 1. The maximum absolute atomic E-state index is 5.78. The van der Waals surface area contributed by atoms with Gasteiger partial charge in [0.05, 0.1) is 6.17 Å². The molecule has 0 spiro atoms. The SMILES string of the molecule is CC.NC1CC2CCCCC2N1. The van der Waals surface area contributed by atoms with E-state index in [1.807, 2.05) is 13.8 Å². The molecule has 3 N–H and O–H groups in total. The maximum atomic E-state index is 5.78. The van der Waals surface area contributed by atoms with Gasteiger partial charge in [0.15, 0.2) is 0 Å². The zero-order valence-electron chi connectivity index (χ0n) is 8.34. The summed E-state index contributed by atoms with van der Waals surface area (Å²) in [6.45, 7) is 4.00. The Hall–Kier alpha value is -0.0800. The van der Waals surface area contributed by atoms with E-state index in [4.69, 9.17) is 5.73 Å². The highest BCUT2D eigenvalue weighted by molar-refractivity contribution is 4.90. The average molecular weight is 170 g/mol. The Kier molecular flexibility index (Phi) is 4.02. The lowest BCUT2D eigenvalue weighted by Gasteiger charge is -2.23. The summed E-state index contributed by atoms with van der Waals surface area (Å²) in [6, 6.07) is 0.767. The van der Waals surface area contributed by atoms with E-state index in [1.165, 1.54) is 32.1 Å². The number of rotatable bonds is 0. The van der Waals surface area contributed by atoms with Crippen molar-refractivity contribution in [2.45, 2.75) is 58.2 Å². The first-order chi connectivity index (χ1) is 5.86. The van der Waals surface area contributed by atoms with Crippen molar-refractivity contribution in [3.05, 3.63) is 0 Å². The fourth-order valence-corrected chi connectivity index (χ4v) is 2.38. The van der Waals surface area contributed by atoms with Gasteiger partial charge in [-0.3, -0.25) is 5.32 Å². The van der Waals surface area contributed by atoms with Gasteiger partial charge in [0.1, 0.15) is 0 Å². The largest absolute Gasteiger partial charge is 0.316 e. The fourth-order valence-electron chi connectivity index (χ4n) is 2.38. The van der Waals surface area contributed by atoms with Crippen LogP contribution in [0.2, 0.25) is 0 Å². The second-order valence-electron chi connectivity index (χ2n) is 3.66. The molecule has 0 bridgehead atoms. The lowest BCUT2D eigenvalue weighted by molar-refractivity contribution is 0.325. The minimum Gasteiger partial charge on any atom is -0.316 e. The molecule has 0 aromatic heterocycles. The molecule has 12 heavy (non-hydrogen) atoms. The topological polar surface area (TPSA) is 38.0 Å². The van der Waals surface area contributed by atoms with Crippen LogP contribution in [0.1, 0.15) is 46.0 Å². The fraction of sp³-hybridized carbons (Fsp3) is 1.00. The van der Waals surface area contributed by atoms with Crippen molar-refractivity contribution in [3.63, 3.8) is 0 Å². The van der Waals surface area contributed by atoms with E-state index in [0.717, 1.165) is 12.0 Å². The van der Waals surface area contributed by atoms with E-state index in [1.54, 1.807) is 0 Å². The van der Waals surface area contributed by atoms with Crippen LogP contribution in [-0.4, -0.2) is 12.2 Å². The van der Waals surface area contributed by atoms with E-state index in [9.17, 15) is 0 Å². The van der Waals surface area contributed by atoms with E-state index in [-0.39, 0.29) is 0 Å². The van der Waals surface area contributed by atoms with Gasteiger partial charge in [-0.2, -0.15) is 0 Å². The summed E-state index contributed by atoms with van der Waals surface area (Å²) >= 11 is 0. The molecule has 2 aliphatic rings. The van der Waals surface area contributed by atoms with Crippen LogP contribution in [0.4, 0.5) is 0 Å². The molecule has 1 saturated heterocycles. The minimum absolute atomic E-state index is 0.299. The smallest absolute Gasteiger partial charge is 0.0551 e. The van der Waals surface area contributed by atoms with E-state index < -0.39 is 0 Å². The summed E-state index contributed by atoms with van der Waals surface area (Å²) in [5.74, 6) is 0.906. The Labute approximate surface area is 75.9 Å². The quantitative estimate of drug-likeness (QED) is 0.582. The molecule has 0 amide bonds. The van der Waals surface area contributed by atoms with Crippen molar-refractivity contribution in [2.24, 2.45) is 11.7 Å². The molecule has 2 rings (SSSR count). The van der Waals surface area contributed by atoms with Crippen molar-refractivity contribution in [3.8, 4) is 0 Å². The maximum Gasteiger partial charge on any atom is 0.0551 e. The van der Waals surface area contributed by atoms with Crippen molar-refractivity contribution in [2.75, 3.05) is 0 Å². The molecule has 2 heteroatoms. The zero-order chi connectivity index (χ0) is 8.97. The first kappa shape index (κ1) is 10.0. The lowest BCUT2D eigenvalue weighted by atomic mass is 9.85. The molecule has 1 aliphatic carbocycles. The Bertz CT molecular complexity index is 111. The summed E-state index contributed by atoms with van der Waals surface area (Å²) in [5.41, 5.74) is 5.78. The summed E-state index contributed by atoms with van der Waals surface area (Å²) < 4.78 is 0. The number of hydrogen-bond donors (Lipinski definition) is 2. The Balaban J connectivity index is 0.000000336. The molecular formula is C10H22N2. The van der Waals surface area contributed by atoms with Crippen LogP contribution in [0.3, 0.4) is 0 Å². The summed E-state index contributed by atoms with van der Waals surface area (Å²) in [7, 11) is 0. The van der Waals surface area contributed by atoms with Crippen LogP contribution in [0.15, 0.2) is 0 Å². The molecule has 1 heterocycles. The predicted octanol–water partition coefficient (Wildman–Crippen LogP) is 1.85. The Morgan fingerprint density at radius 1 is 1.17 bits per heavy atom. The van der Waals surface area contributed by atoms with Crippen LogP contribution in [-0.2, 0) is 0 Å². The third-order valence-electron chi connectivity index (χ3n) is 2.89. The first-order valence-corrected chi connectivity index (χ1v) is 5.38. The monoisotopic (exact) mass is 170 g/mol. The first-order valence-electron chi connectivity index (χ1n) is 5.38. The third kappa shape index (κ3) is 2.20. The van der Waals surface area contributed by atoms with Gasteiger partial charge < -0.3 is 5.73 Å². The van der Waals surface area contributed by atoms with Gasteiger partial charge >= 0.3 is 0 Å². The van der Waals surface area contributed by atoms with Gasteiger partial charge in [-0.1, -0.05) is 26.7 Å². The van der Waals surface area contributed by atoms with Crippen molar-refractivity contribution in [1.29, 1.82) is 0 Å². The van der Waals surface area contributed by atoms with Crippen LogP contribution < -0.4 is 11.1 Å². The van der Waals surface area contributed by atoms with Crippen LogP contribution in [0.25, 0.3) is 0 Å². The molecule has 2 nitrogen and oxygen atoms in total. The number of nitrogens with two attached hydrogens (primary N) is 1. The molecule has 1 saturated carbocycles. The summed E-state index contributed by atoms with van der Waals surface area (Å²) in [5, 5.41) is 3.43. The molecule has 2 fully saturated rings. The molecular weight excluding hydrogens is 148 g/mol. The van der Waals surface area contributed by atoms with Crippen molar-refractivity contribution < 1.29 is 0 Å². The van der Waals surface area contributed by atoms with Gasteiger partial charge in [0, 0.05) is 6.04 Å². The predicted molar refractivity (Wildman–Crippen MR) is 52.8 cm³/mol. The Morgan fingerprint density at radius 2 is 1.83 bits per heavy atom. The zero-order valence-corrected chi connectivity index (χ0v) is 8.34. The molecule has 0 aromatic rings. The van der Waals surface area contributed by atoms with Crippen LogP contribution in [0.5, 0.6) is 0 Å². The van der Waals surface area contributed by atoms with Gasteiger partial charge in [0.2, 0.25) is 0 Å². The highest BCUT2D eigenvalue weighted by atomic mass is 15.1. The highest BCUT2D eigenvalue weighted by Crippen LogP contribution is 2.31. The second kappa shape index (κ2) is 4.83. The van der Waals surface area contributed by atoms with E-state index in [0.29, 0.717) is 6.17 Å². The van der Waals surface area contributed by atoms with Crippen LogP contribution >= 0.6 is 0 Å². The van der Waals surface area contributed by atoms with Gasteiger partial charge in [-0.15, -0.1) is 0 Å². The standard InChI is InChI=1S/C8H16N2.C2H6/c9-8-5-6-3-1-2-4-7(6)10-8;1-2/h6-8,10H,1-5,9H2;1-2H3. The van der Waals surface area contributed by atoms with Gasteiger partial charge in [-0.25, -0.2) is 0 Å². The summed E-state index contributed by atoms with van der Waals surface area (Å²) in [6.07, 6.45) is 7.11. The van der Waals surface area contributed by atoms with E-state index >= 15 is 0 Å². The molecule has 1 aliphatic heterocycles. The number of fused-ring (bicyclic) bond motifs is 1. The average Bonchev–Trinajstić information content (AvgIpc) is 2.48. The molecule has 0 aromatic carbocycles. The molecule has 3 unspecified atom stereocenters. The minimum atomic E-state index is 0.299. The van der Waals surface area contributed by atoms with Crippen LogP contribution in [0, 0.1) is 5.92 Å². The van der Waals surface area contributed by atoms with E-state index in [2.05, 4.69) is 5.32 Å². The molecule has 72 valence electrons. The third-order valence-corrected chi connectivity index (χ3v) is 2.89. The number of hydrogen-bond acceptors (Lipinski definition) is 2. The van der Waals surface area contributed by atoms with Gasteiger partial charge in [-0.05, 0) is 25.2 Å². The van der Waals surface area contributed by atoms with Crippen molar-refractivity contribution >= 4 is 0 Å². The summed E-state index contributed by atoms with van der Waals surface area (Å²) in [4.78, 5) is 0. The lowest BCUT2D eigenvalue weighted by Crippen LogP contribution is -2.37. The Morgan fingerprint density at radius 3 is 2.50 bits per heavy atom. The molecule has 0 radical (unpaired) electrons. The van der Waals surface area contributed by atoms with Gasteiger partial charge in [0.25, 0.3) is 0 Å². The highest BCUT2D eigenvalue weighted by Gasteiger charge is 2.32. The second-order valence-corrected chi connectivity index (χ2v) is 3.66. The normalized spacial score (nSPS) is 39.8. The van der Waals surface area contributed by atoms with Crippen molar-refractivity contribution in [1.82, 2.24) is 5.32 Å².